The molecule has 1 aromatic carbocycles. The highest BCUT2D eigenvalue weighted by atomic mass is 79.9. The van der Waals surface area contributed by atoms with Gasteiger partial charge in [-0.1, -0.05) is 6.07 Å². The molecule has 0 aliphatic rings. The minimum absolute atomic E-state index is 0.0400. The number of anilines is 2. The number of thiophene rings is 1. The van der Waals surface area contributed by atoms with Crippen molar-refractivity contribution in [2.75, 3.05) is 24.6 Å². The van der Waals surface area contributed by atoms with Crippen molar-refractivity contribution in [3.8, 4) is 0 Å². The molecule has 1 amide bonds. The number of hydrogen-bond donors (Lipinski definition) is 2. The highest BCUT2D eigenvalue weighted by Gasteiger charge is 2.10. The van der Waals surface area contributed by atoms with Crippen molar-refractivity contribution < 1.29 is 4.79 Å². The average molecular weight is 368 g/mol. The Morgan fingerprint density at radius 1 is 1.48 bits per heavy atom. The van der Waals surface area contributed by atoms with Crippen LogP contribution in [0.15, 0.2) is 34.1 Å². The number of nitrogens with two attached hydrogens (primary N) is 1. The molecule has 3 N–H and O–H groups in total. The van der Waals surface area contributed by atoms with Crippen LogP contribution in [0.25, 0.3) is 0 Å². The first-order chi connectivity index (χ1) is 9.95. The first-order valence-electron chi connectivity index (χ1n) is 6.52. The van der Waals surface area contributed by atoms with E-state index in [9.17, 15) is 4.79 Å². The molecule has 2 rings (SSSR count). The number of likely N-dealkylation sites (N-methyl/N-ethyl adjacent to an activating group) is 1. The quantitative estimate of drug-likeness (QED) is 0.795. The second-order valence-corrected chi connectivity index (χ2v) is 6.88. The number of carbonyl (C=O) groups excluding carboxylic acids is 1. The maximum absolute atomic E-state index is 12.1. The molecule has 6 heteroatoms. The molecule has 112 valence electrons. The Kier molecular flexibility index (Phi) is 5.39. The Morgan fingerprint density at radius 2 is 2.24 bits per heavy atom. The van der Waals surface area contributed by atoms with Crippen LogP contribution in [0.5, 0.6) is 0 Å². The van der Waals surface area contributed by atoms with Crippen LogP contribution in [-0.4, -0.2) is 24.4 Å². The highest BCUT2D eigenvalue weighted by molar-refractivity contribution is 9.10. The van der Waals surface area contributed by atoms with E-state index in [0.29, 0.717) is 12.2 Å². The average Bonchev–Trinajstić information content (AvgIpc) is 2.80. The molecule has 0 fully saturated rings. The summed E-state index contributed by atoms with van der Waals surface area (Å²) in [4.78, 5) is 15.3. The van der Waals surface area contributed by atoms with Gasteiger partial charge >= 0.3 is 0 Å². The van der Waals surface area contributed by atoms with Crippen LogP contribution in [0.3, 0.4) is 0 Å². The lowest BCUT2D eigenvalue weighted by Crippen LogP contribution is -2.29. The Morgan fingerprint density at radius 3 is 2.90 bits per heavy atom. The van der Waals surface area contributed by atoms with Gasteiger partial charge in [-0.15, -0.1) is 11.3 Å². The number of nitrogens with zero attached hydrogens (tertiary/aromatic N) is 1. The molecule has 1 aromatic heterocycles. The van der Waals surface area contributed by atoms with E-state index < -0.39 is 0 Å². The molecule has 0 saturated heterocycles. The Balaban J connectivity index is 1.90. The molecule has 0 bridgehead atoms. The summed E-state index contributed by atoms with van der Waals surface area (Å²) in [5, 5.41) is 4.95. The van der Waals surface area contributed by atoms with Crippen molar-refractivity contribution in [3.05, 3.63) is 44.6 Å². The summed E-state index contributed by atoms with van der Waals surface area (Å²) in [7, 11) is 1.93. The zero-order chi connectivity index (χ0) is 15.4. The van der Waals surface area contributed by atoms with Crippen molar-refractivity contribution in [1.82, 2.24) is 4.90 Å². The van der Waals surface area contributed by atoms with E-state index in [2.05, 4.69) is 27.3 Å². The van der Waals surface area contributed by atoms with E-state index in [1.165, 1.54) is 4.88 Å². The van der Waals surface area contributed by atoms with E-state index in [-0.39, 0.29) is 5.91 Å². The summed E-state index contributed by atoms with van der Waals surface area (Å²) in [6, 6.07) is 7.59. The van der Waals surface area contributed by atoms with Gasteiger partial charge in [-0.3, -0.25) is 9.69 Å². The minimum atomic E-state index is -0.0400. The SMILES string of the molecule is Cc1c(N)cccc1NC(=O)CN(C)Cc1cc(Br)cs1. The summed E-state index contributed by atoms with van der Waals surface area (Å²) in [6.45, 7) is 2.99. The zero-order valence-electron chi connectivity index (χ0n) is 12.0. The van der Waals surface area contributed by atoms with Gasteiger partial charge in [0.15, 0.2) is 0 Å². The van der Waals surface area contributed by atoms with Crippen LogP contribution in [0.4, 0.5) is 11.4 Å². The maximum atomic E-state index is 12.1. The standard InChI is InChI=1S/C15H18BrN3OS/c1-10-13(17)4-3-5-14(10)18-15(20)8-19(2)7-12-6-11(16)9-21-12/h3-6,9H,7-8,17H2,1-2H3,(H,18,20). The molecular formula is C15H18BrN3OS. The van der Waals surface area contributed by atoms with Gasteiger partial charge in [0.1, 0.15) is 0 Å². The third kappa shape index (κ3) is 4.56. The predicted octanol–water partition coefficient (Wildman–Crippen LogP) is 3.47. The van der Waals surface area contributed by atoms with Crippen molar-refractivity contribution in [3.63, 3.8) is 0 Å². The first-order valence-corrected chi connectivity index (χ1v) is 8.19. The first kappa shape index (κ1) is 16.0. The Hall–Kier alpha value is -1.37. The molecule has 0 unspecified atom stereocenters. The molecule has 0 atom stereocenters. The molecule has 0 radical (unpaired) electrons. The smallest absolute Gasteiger partial charge is 0.238 e. The number of nitrogens with one attached hydrogen (secondary N) is 1. The summed E-state index contributed by atoms with van der Waals surface area (Å²) in [5.41, 5.74) is 8.19. The maximum Gasteiger partial charge on any atom is 0.238 e. The lowest BCUT2D eigenvalue weighted by atomic mass is 10.1. The van der Waals surface area contributed by atoms with Gasteiger partial charge in [0.05, 0.1) is 6.54 Å². The van der Waals surface area contributed by atoms with Crippen molar-refractivity contribution in [1.29, 1.82) is 0 Å². The van der Waals surface area contributed by atoms with E-state index in [1.54, 1.807) is 11.3 Å². The van der Waals surface area contributed by atoms with E-state index >= 15 is 0 Å². The largest absolute Gasteiger partial charge is 0.398 e. The lowest BCUT2D eigenvalue weighted by molar-refractivity contribution is -0.117. The number of nitrogen functional groups attached to an aromatic ring is 1. The molecule has 2 aromatic rings. The van der Waals surface area contributed by atoms with Crippen LogP contribution < -0.4 is 11.1 Å². The molecule has 0 spiro atoms. The Bertz CT molecular complexity index is 642. The summed E-state index contributed by atoms with van der Waals surface area (Å²) < 4.78 is 1.08. The number of carbonyl (C=O) groups is 1. The summed E-state index contributed by atoms with van der Waals surface area (Å²) in [6.07, 6.45) is 0. The van der Waals surface area contributed by atoms with E-state index in [1.807, 2.05) is 42.5 Å². The highest BCUT2D eigenvalue weighted by Crippen LogP contribution is 2.22. The van der Waals surface area contributed by atoms with Crippen LogP contribution in [0, 0.1) is 6.92 Å². The number of rotatable bonds is 5. The van der Waals surface area contributed by atoms with Crippen molar-refractivity contribution >= 4 is 44.5 Å². The zero-order valence-corrected chi connectivity index (χ0v) is 14.4. The number of halogens is 1. The lowest BCUT2D eigenvalue weighted by Gasteiger charge is -2.16. The van der Waals surface area contributed by atoms with Crippen LogP contribution in [0.2, 0.25) is 0 Å². The number of benzene rings is 1. The van der Waals surface area contributed by atoms with Crippen molar-refractivity contribution in [2.24, 2.45) is 0 Å². The number of amides is 1. The fraction of sp³-hybridized carbons (Fsp3) is 0.267. The third-order valence-electron chi connectivity index (χ3n) is 3.11. The summed E-state index contributed by atoms with van der Waals surface area (Å²) >= 11 is 5.11. The minimum Gasteiger partial charge on any atom is -0.398 e. The van der Waals surface area contributed by atoms with Gasteiger partial charge < -0.3 is 11.1 Å². The van der Waals surface area contributed by atoms with Gasteiger partial charge in [0.25, 0.3) is 0 Å². The molecule has 0 aliphatic carbocycles. The van der Waals surface area contributed by atoms with Gasteiger partial charge in [-0.25, -0.2) is 0 Å². The normalized spacial score (nSPS) is 10.9. The van der Waals surface area contributed by atoms with Gasteiger partial charge in [-0.2, -0.15) is 0 Å². The predicted molar refractivity (Wildman–Crippen MR) is 92.6 cm³/mol. The van der Waals surface area contributed by atoms with Crippen LogP contribution >= 0.6 is 27.3 Å². The van der Waals surface area contributed by atoms with E-state index in [0.717, 1.165) is 22.3 Å². The third-order valence-corrected chi connectivity index (χ3v) is 4.79. The fourth-order valence-corrected chi connectivity index (χ4v) is 3.51. The summed E-state index contributed by atoms with van der Waals surface area (Å²) in [5.74, 6) is -0.0400. The second kappa shape index (κ2) is 7.06. The monoisotopic (exact) mass is 367 g/mol. The number of hydrogen-bond acceptors (Lipinski definition) is 4. The van der Waals surface area contributed by atoms with Crippen molar-refractivity contribution in [2.45, 2.75) is 13.5 Å². The Labute approximate surface area is 137 Å². The topological polar surface area (TPSA) is 58.4 Å². The molecule has 21 heavy (non-hydrogen) atoms. The van der Waals surface area contributed by atoms with Gasteiger partial charge in [0.2, 0.25) is 5.91 Å². The molecule has 4 nitrogen and oxygen atoms in total. The molecule has 0 saturated carbocycles. The second-order valence-electron chi connectivity index (χ2n) is 4.97. The van der Waals surface area contributed by atoms with Crippen LogP contribution in [0.1, 0.15) is 10.4 Å². The molecule has 0 aliphatic heterocycles. The van der Waals surface area contributed by atoms with Crippen LogP contribution in [-0.2, 0) is 11.3 Å². The fourth-order valence-electron chi connectivity index (χ4n) is 1.98. The van der Waals surface area contributed by atoms with Gasteiger partial charge in [-0.05, 0) is 53.7 Å². The molecule has 1 heterocycles. The van der Waals surface area contributed by atoms with E-state index in [4.69, 9.17) is 5.73 Å². The van der Waals surface area contributed by atoms with Gasteiger partial charge in [0, 0.05) is 32.6 Å². The molecular weight excluding hydrogens is 350 g/mol.